The predicted molar refractivity (Wildman–Crippen MR) is 121 cm³/mol. The maximum atomic E-state index is 12.1. The fourth-order valence-electron chi connectivity index (χ4n) is 2.78. The molecule has 0 radical (unpaired) electrons. The van der Waals surface area contributed by atoms with Crippen molar-refractivity contribution in [2.45, 2.75) is 33.1 Å². The summed E-state index contributed by atoms with van der Waals surface area (Å²) in [6.45, 7) is 3.57. The molecule has 0 saturated heterocycles. The number of nitriles is 1. The minimum Gasteiger partial charge on any atom is -0.506 e. The standard InChI is InChI=1S/C21H19Cl2N5O4/c1-3-4-5-17(29)18(12-6-7-12)25-11(2)32-19-14(22)8-13(9-15(19)23)28-21(31)26-20(30)16(10-24)27-28/h4-5,8-9,12,29H,3,6-7H2,1-2H3,(H,26,30,31)/b5-4+,18-17+,25-11?. The molecule has 166 valence electrons. The van der Waals surface area contributed by atoms with E-state index in [2.05, 4.69) is 10.1 Å². The molecule has 2 aromatic rings. The number of hydrogen-bond acceptors (Lipinski definition) is 7. The molecule has 1 aromatic heterocycles. The van der Waals surface area contributed by atoms with E-state index in [9.17, 15) is 14.7 Å². The fourth-order valence-corrected chi connectivity index (χ4v) is 3.34. The molecule has 1 aromatic carbocycles. The highest BCUT2D eigenvalue weighted by Gasteiger charge is 2.29. The average molecular weight is 476 g/mol. The Morgan fingerprint density at radius 1 is 1.41 bits per heavy atom. The van der Waals surface area contributed by atoms with Crippen LogP contribution in [-0.2, 0) is 0 Å². The molecule has 1 aliphatic rings. The summed E-state index contributed by atoms with van der Waals surface area (Å²) in [4.78, 5) is 30.0. The van der Waals surface area contributed by atoms with E-state index in [1.807, 2.05) is 18.0 Å². The van der Waals surface area contributed by atoms with Crippen LogP contribution in [0.2, 0.25) is 10.0 Å². The van der Waals surface area contributed by atoms with Gasteiger partial charge in [0.15, 0.2) is 11.6 Å². The lowest BCUT2D eigenvalue weighted by Crippen LogP contribution is -2.33. The van der Waals surface area contributed by atoms with E-state index in [0.29, 0.717) is 5.70 Å². The van der Waals surface area contributed by atoms with Gasteiger partial charge in [0.25, 0.3) is 5.56 Å². The number of benzene rings is 1. The highest BCUT2D eigenvalue weighted by molar-refractivity contribution is 6.37. The van der Waals surface area contributed by atoms with E-state index in [0.717, 1.165) is 23.9 Å². The van der Waals surface area contributed by atoms with Crippen molar-refractivity contribution in [2.24, 2.45) is 10.9 Å². The number of H-pyrrole nitrogens is 1. The molecular formula is C21H19Cl2N5O4. The average Bonchev–Trinajstić information content (AvgIpc) is 3.58. The molecule has 1 fully saturated rings. The highest BCUT2D eigenvalue weighted by atomic mass is 35.5. The second-order valence-electron chi connectivity index (χ2n) is 6.96. The molecule has 0 spiro atoms. The first kappa shape index (κ1) is 23.3. The summed E-state index contributed by atoms with van der Waals surface area (Å²) in [6, 6.07) is 4.30. The van der Waals surface area contributed by atoms with Gasteiger partial charge >= 0.3 is 5.69 Å². The van der Waals surface area contributed by atoms with Crippen LogP contribution in [0.25, 0.3) is 5.69 Å². The second kappa shape index (κ2) is 9.85. The summed E-state index contributed by atoms with van der Waals surface area (Å²) >= 11 is 12.6. The van der Waals surface area contributed by atoms with E-state index >= 15 is 0 Å². The summed E-state index contributed by atoms with van der Waals surface area (Å²) < 4.78 is 6.52. The number of nitrogens with zero attached hydrogens (tertiary/aromatic N) is 4. The van der Waals surface area contributed by atoms with Crippen molar-refractivity contribution in [1.82, 2.24) is 14.8 Å². The van der Waals surface area contributed by atoms with Gasteiger partial charge < -0.3 is 9.84 Å². The number of nitrogens with one attached hydrogen (secondary N) is 1. The number of halogens is 2. The Labute approximate surface area is 192 Å². The molecule has 0 amide bonds. The number of aromatic amines is 1. The number of hydrogen-bond donors (Lipinski definition) is 2. The summed E-state index contributed by atoms with van der Waals surface area (Å²) in [5.74, 6) is 0.554. The fraction of sp³-hybridized carbons (Fsp3) is 0.286. The van der Waals surface area contributed by atoms with E-state index < -0.39 is 16.9 Å². The third kappa shape index (κ3) is 5.28. The molecule has 3 rings (SSSR count). The van der Waals surface area contributed by atoms with Gasteiger partial charge in [0.1, 0.15) is 11.8 Å². The Balaban J connectivity index is 1.95. The lowest BCUT2D eigenvalue weighted by Gasteiger charge is -2.12. The Kier molecular flexibility index (Phi) is 7.18. The zero-order valence-corrected chi connectivity index (χ0v) is 18.7. The number of rotatable bonds is 6. The lowest BCUT2D eigenvalue weighted by atomic mass is 10.2. The minimum absolute atomic E-state index is 0.0486. The van der Waals surface area contributed by atoms with Crippen LogP contribution < -0.4 is 16.0 Å². The zero-order valence-electron chi connectivity index (χ0n) is 17.2. The van der Waals surface area contributed by atoms with Crippen LogP contribution in [0.1, 0.15) is 38.8 Å². The first-order valence-electron chi connectivity index (χ1n) is 9.71. The van der Waals surface area contributed by atoms with E-state index in [-0.39, 0.29) is 39.1 Å². The Morgan fingerprint density at radius 3 is 2.62 bits per heavy atom. The van der Waals surface area contributed by atoms with Gasteiger partial charge in [-0.2, -0.15) is 9.94 Å². The van der Waals surface area contributed by atoms with Gasteiger partial charge in [-0.1, -0.05) is 36.2 Å². The molecule has 0 unspecified atom stereocenters. The largest absolute Gasteiger partial charge is 0.506 e. The molecule has 1 saturated carbocycles. The molecular weight excluding hydrogens is 457 g/mol. The first-order chi connectivity index (χ1) is 15.2. The predicted octanol–water partition coefficient (Wildman–Crippen LogP) is 4.04. The van der Waals surface area contributed by atoms with Gasteiger partial charge in [0, 0.05) is 12.8 Å². The third-order valence-electron chi connectivity index (χ3n) is 4.43. The zero-order chi connectivity index (χ0) is 23.4. The molecule has 2 N–H and O–H groups in total. The number of aliphatic hydroxyl groups is 1. The topological polar surface area (TPSA) is 133 Å². The lowest BCUT2D eigenvalue weighted by molar-refractivity contribution is 0.419. The van der Waals surface area contributed by atoms with Gasteiger partial charge in [-0.3, -0.25) is 9.78 Å². The number of aliphatic imine (C=N–C) groups is 1. The van der Waals surface area contributed by atoms with Crippen molar-refractivity contribution in [3.63, 3.8) is 0 Å². The van der Waals surface area contributed by atoms with Crippen LogP contribution in [0.3, 0.4) is 0 Å². The second-order valence-corrected chi connectivity index (χ2v) is 7.77. The number of aromatic nitrogens is 3. The van der Waals surface area contributed by atoms with Gasteiger partial charge in [0.05, 0.1) is 21.4 Å². The Bertz CT molecular complexity index is 1270. The molecule has 1 heterocycles. The van der Waals surface area contributed by atoms with E-state index in [1.165, 1.54) is 12.1 Å². The number of allylic oxidation sites excluding steroid dienone is 3. The summed E-state index contributed by atoms with van der Waals surface area (Å²) in [6.07, 6.45) is 6.09. The monoisotopic (exact) mass is 475 g/mol. The van der Waals surface area contributed by atoms with Crippen LogP contribution in [0.15, 0.2) is 50.3 Å². The van der Waals surface area contributed by atoms with Gasteiger partial charge in [-0.15, -0.1) is 5.10 Å². The molecule has 0 atom stereocenters. The Morgan fingerprint density at radius 2 is 2.06 bits per heavy atom. The van der Waals surface area contributed by atoms with Crippen LogP contribution in [-0.4, -0.2) is 25.8 Å². The smallest absolute Gasteiger partial charge is 0.349 e. The quantitative estimate of drug-likeness (QED) is 0.280. The van der Waals surface area contributed by atoms with Crippen LogP contribution in [0, 0.1) is 17.2 Å². The molecule has 1 aliphatic carbocycles. The minimum atomic E-state index is -0.894. The van der Waals surface area contributed by atoms with Crippen molar-refractivity contribution < 1.29 is 9.84 Å². The van der Waals surface area contributed by atoms with E-state index in [4.69, 9.17) is 33.2 Å². The normalized spacial score (nSPS) is 14.9. The number of ether oxygens (including phenoxy) is 1. The molecule has 0 aliphatic heterocycles. The van der Waals surface area contributed by atoms with Crippen LogP contribution in [0.4, 0.5) is 0 Å². The Hall–Kier alpha value is -3.35. The first-order valence-corrected chi connectivity index (χ1v) is 10.5. The molecule has 32 heavy (non-hydrogen) atoms. The van der Waals surface area contributed by atoms with E-state index in [1.54, 1.807) is 19.1 Å². The molecule has 0 bridgehead atoms. The summed E-state index contributed by atoms with van der Waals surface area (Å²) in [5.41, 5.74) is -1.59. The third-order valence-corrected chi connectivity index (χ3v) is 4.99. The number of aliphatic hydroxyl groups excluding tert-OH is 1. The SMILES string of the molecule is CC/C=C/C(O)=C(\N=C(C)Oc1c(Cl)cc(-n2nc(C#N)c(=O)[nH]c2=O)cc1Cl)C1CC1. The van der Waals surface area contributed by atoms with Crippen molar-refractivity contribution in [3.05, 3.63) is 72.3 Å². The maximum Gasteiger partial charge on any atom is 0.349 e. The van der Waals surface area contributed by atoms with Crippen molar-refractivity contribution in [1.29, 1.82) is 5.26 Å². The highest BCUT2D eigenvalue weighted by Crippen LogP contribution is 2.39. The summed E-state index contributed by atoms with van der Waals surface area (Å²) in [5, 5.41) is 23.1. The van der Waals surface area contributed by atoms with Gasteiger partial charge in [-0.05, 0) is 37.5 Å². The van der Waals surface area contributed by atoms with Gasteiger partial charge in [-0.25, -0.2) is 9.79 Å². The maximum absolute atomic E-state index is 12.1. The van der Waals surface area contributed by atoms with Crippen LogP contribution >= 0.6 is 23.2 Å². The van der Waals surface area contributed by atoms with Crippen molar-refractivity contribution in [2.75, 3.05) is 0 Å². The summed E-state index contributed by atoms with van der Waals surface area (Å²) in [7, 11) is 0. The van der Waals surface area contributed by atoms with Crippen LogP contribution in [0.5, 0.6) is 5.75 Å². The molecule has 9 nitrogen and oxygen atoms in total. The van der Waals surface area contributed by atoms with Gasteiger partial charge in [0.2, 0.25) is 5.69 Å². The van der Waals surface area contributed by atoms with Crippen molar-refractivity contribution in [3.8, 4) is 17.5 Å². The van der Waals surface area contributed by atoms with Crippen molar-refractivity contribution >= 4 is 29.1 Å². The molecule has 11 heteroatoms.